The summed E-state index contributed by atoms with van der Waals surface area (Å²) in [6, 6.07) is 0. The van der Waals surface area contributed by atoms with Gasteiger partial charge in [0.2, 0.25) is 0 Å². The molecule has 3 rings (SSSR count). The first-order valence-electron chi connectivity index (χ1n) is 11.7. The maximum atomic E-state index is 11.6. The number of hydrogen-bond donors (Lipinski definition) is 0. The number of hydrogen-bond acceptors (Lipinski definition) is 6. The van der Waals surface area contributed by atoms with Crippen molar-refractivity contribution in [3.63, 3.8) is 0 Å². The summed E-state index contributed by atoms with van der Waals surface area (Å²) in [5.74, 6) is 0.796. The van der Waals surface area contributed by atoms with E-state index in [1.807, 2.05) is 6.21 Å². The molecule has 7 atom stereocenters. The van der Waals surface area contributed by atoms with Crippen molar-refractivity contribution in [2.24, 2.45) is 39.7 Å². The Morgan fingerprint density at radius 3 is 2.52 bits per heavy atom. The van der Waals surface area contributed by atoms with Gasteiger partial charge in [-0.3, -0.25) is 9.59 Å². The maximum Gasteiger partial charge on any atom is 0.302 e. The minimum atomic E-state index is -0.266. The number of fused-ring (bicyclic) bond motifs is 1. The Morgan fingerprint density at radius 1 is 1.13 bits per heavy atom. The van der Waals surface area contributed by atoms with Crippen LogP contribution in [0.2, 0.25) is 0 Å². The molecule has 0 amide bonds. The van der Waals surface area contributed by atoms with Gasteiger partial charge in [-0.15, -0.1) is 0 Å². The Labute approximate surface area is 186 Å². The largest absolute Gasteiger partial charge is 0.466 e. The lowest BCUT2D eigenvalue weighted by Crippen LogP contribution is -2.52. The predicted octanol–water partition coefficient (Wildman–Crippen LogP) is 4.92. The Kier molecular flexibility index (Phi) is 7.17. The van der Waals surface area contributed by atoms with Crippen LogP contribution in [0.15, 0.2) is 17.3 Å². The second-order valence-corrected chi connectivity index (χ2v) is 10.3. The number of ether oxygens (including phenoxy) is 2. The molecule has 6 heteroatoms. The quantitative estimate of drug-likeness (QED) is 0.257. The topological polar surface area (TPSA) is 74.2 Å². The molecule has 3 aliphatic carbocycles. The Bertz CT molecular complexity index is 733. The first kappa shape index (κ1) is 23.8. The smallest absolute Gasteiger partial charge is 0.302 e. The van der Waals surface area contributed by atoms with Crippen molar-refractivity contribution in [2.45, 2.75) is 78.7 Å². The average molecular weight is 434 g/mol. The van der Waals surface area contributed by atoms with Gasteiger partial charge in [-0.1, -0.05) is 31.2 Å². The molecule has 0 unspecified atom stereocenters. The molecule has 0 spiro atoms. The zero-order chi connectivity index (χ0) is 22.8. The minimum Gasteiger partial charge on any atom is -0.466 e. The van der Waals surface area contributed by atoms with Crippen molar-refractivity contribution in [1.82, 2.24) is 0 Å². The maximum absolute atomic E-state index is 11.6. The van der Waals surface area contributed by atoms with Gasteiger partial charge in [0, 0.05) is 31.9 Å². The second kappa shape index (κ2) is 9.33. The molecule has 0 saturated heterocycles. The molecule has 0 bridgehead atoms. The van der Waals surface area contributed by atoms with E-state index in [0.717, 1.165) is 44.9 Å². The van der Waals surface area contributed by atoms with E-state index in [1.54, 1.807) is 7.11 Å². The van der Waals surface area contributed by atoms with Gasteiger partial charge in [-0.25, -0.2) is 0 Å². The van der Waals surface area contributed by atoms with Crippen molar-refractivity contribution >= 4 is 18.2 Å². The van der Waals surface area contributed by atoms with Crippen LogP contribution in [0.1, 0.15) is 72.6 Å². The normalized spacial score (nSPS) is 40.4. The summed E-state index contributed by atoms with van der Waals surface area (Å²) in [6.07, 6.45) is 8.83. The third-order valence-corrected chi connectivity index (χ3v) is 8.78. The highest BCUT2D eigenvalue weighted by atomic mass is 16.6. The highest BCUT2D eigenvalue weighted by Gasteiger charge is 2.57. The molecule has 3 fully saturated rings. The molecule has 0 aromatic heterocycles. The van der Waals surface area contributed by atoms with E-state index in [1.165, 1.54) is 19.4 Å². The molecule has 0 aliphatic heterocycles. The predicted molar refractivity (Wildman–Crippen MR) is 119 cm³/mol. The van der Waals surface area contributed by atoms with Crippen LogP contribution < -0.4 is 0 Å². The fourth-order valence-electron chi connectivity index (χ4n) is 6.90. The molecule has 0 radical (unpaired) electrons. The van der Waals surface area contributed by atoms with Crippen molar-refractivity contribution in [2.75, 3.05) is 13.7 Å². The number of rotatable bonds is 6. The lowest BCUT2D eigenvalue weighted by Gasteiger charge is -2.55. The first-order valence-corrected chi connectivity index (χ1v) is 11.7. The van der Waals surface area contributed by atoms with Gasteiger partial charge in [-0.2, -0.15) is 0 Å². The molecule has 3 saturated carbocycles. The van der Waals surface area contributed by atoms with Gasteiger partial charge in [0.25, 0.3) is 0 Å². The van der Waals surface area contributed by atoms with E-state index >= 15 is 0 Å². The van der Waals surface area contributed by atoms with E-state index in [4.69, 9.17) is 14.3 Å². The standard InChI is InChI=1S/C25H39NO5/c1-16-7-8-22-21(14-26-29-6)23(10-12-24(16,22)4)25(5)11-9-20(31-18(3)28)13-19(25)15-30-17(2)27/h14,19-23H,1,7-13,15H2,2-6H3/b26-14+/t19-,20+,21+,22+,23+,24-,25+/m1/s1. The van der Waals surface area contributed by atoms with Crippen molar-refractivity contribution in [3.05, 3.63) is 12.2 Å². The molecule has 0 aromatic rings. The number of nitrogens with zero attached hydrogens (tertiary/aromatic N) is 1. The monoisotopic (exact) mass is 433 g/mol. The lowest BCUT2D eigenvalue weighted by atomic mass is 9.49. The van der Waals surface area contributed by atoms with Gasteiger partial charge in [-0.05, 0) is 67.6 Å². The van der Waals surface area contributed by atoms with Crippen LogP contribution in [0, 0.1) is 34.5 Å². The molecule has 0 aromatic carbocycles. The second-order valence-electron chi connectivity index (χ2n) is 10.3. The van der Waals surface area contributed by atoms with Crippen molar-refractivity contribution < 1.29 is 23.9 Å². The van der Waals surface area contributed by atoms with Crippen LogP contribution >= 0.6 is 0 Å². The van der Waals surface area contributed by atoms with Crippen LogP contribution in [0.25, 0.3) is 0 Å². The zero-order valence-electron chi connectivity index (χ0n) is 19.8. The summed E-state index contributed by atoms with van der Waals surface area (Å²) in [4.78, 5) is 28.3. The molecular weight excluding hydrogens is 394 g/mol. The highest BCUT2D eigenvalue weighted by Crippen LogP contribution is 2.63. The van der Waals surface area contributed by atoms with Gasteiger partial charge < -0.3 is 14.3 Å². The van der Waals surface area contributed by atoms with Crippen LogP contribution in [0.4, 0.5) is 0 Å². The molecule has 6 nitrogen and oxygen atoms in total. The first-order chi connectivity index (χ1) is 14.6. The zero-order valence-corrected chi connectivity index (χ0v) is 19.8. The van der Waals surface area contributed by atoms with Gasteiger partial charge in [0.15, 0.2) is 0 Å². The van der Waals surface area contributed by atoms with Crippen LogP contribution in [-0.2, 0) is 23.9 Å². The summed E-state index contributed by atoms with van der Waals surface area (Å²) in [6.45, 7) is 12.4. The summed E-state index contributed by atoms with van der Waals surface area (Å²) >= 11 is 0. The molecule has 3 aliphatic rings. The number of carbonyl (C=O) groups is 2. The Hall–Kier alpha value is -1.85. The average Bonchev–Trinajstić information content (AvgIpc) is 3.01. The van der Waals surface area contributed by atoms with Crippen LogP contribution in [0.3, 0.4) is 0 Å². The van der Waals surface area contributed by atoms with Crippen LogP contribution in [0.5, 0.6) is 0 Å². The van der Waals surface area contributed by atoms with Crippen LogP contribution in [-0.4, -0.2) is 38.0 Å². The number of allylic oxidation sites excluding steroid dienone is 1. The number of esters is 2. The third kappa shape index (κ3) is 4.68. The lowest BCUT2D eigenvalue weighted by molar-refractivity contribution is -0.159. The summed E-state index contributed by atoms with van der Waals surface area (Å²) in [5, 5.41) is 4.23. The van der Waals surface area contributed by atoms with E-state index in [2.05, 4.69) is 25.6 Å². The van der Waals surface area contributed by atoms with E-state index in [-0.39, 0.29) is 40.7 Å². The Balaban J connectivity index is 1.91. The molecule has 0 heterocycles. The molecule has 0 N–H and O–H groups in total. The SMILES string of the molecule is C=C1CC[C@H]2[C@H](/C=N/OC)[C@@H]([C@@]3(C)CC[C@H](OC(C)=O)C[C@@H]3COC(C)=O)CC[C@]12C. The molecule has 174 valence electrons. The fourth-order valence-corrected chi connectivity index (χ4v) is 6.90. The van der Waals surface area contributed by atoms with Crippen molar-refractivity contribution in [1.29, 1.82) is 0 Å². The molecular formula is C25H39NO5. The van der Waals surface area contributed by atoms with Gasteiger partial charge in [0.1, 0.15) is 13.2 Å². The van der Waals surface area contributed by atoms with Crippen molar-refractivity contribution in [3.8, 4) is 0 Å². The summed E-state index contributed by atoms with van der Waals surface area (Å²) in [5.41, 5.74) is 1.48. The third-order valence-electron chi connectivity index (χ3n) is 8.78. The van der Waals surface area contributed by atoms with E-state index in [9.17, 15) is 9.59 Å². The fraction of sp³-hybridized carbons (Fsp3) is 0.800. The van der Waals surface area contributed by atoms with E-state index in [0.29, 0.717) is 18.4 Å². The van der Waals surface area contributed by atoms with Gasteiger partial charge >= 0.3 is 11.9 Å². The molecule has 31 heavy (non-hydrogen) atoms. The Morgan fingerprint density at radius 2 is 1.87 bits per heavy atom. The number of carbonyl (C=O) groups excluding carboxylic acids is 2. The van der Waals surface area contributed by atoms with E-state index < -0.39 is 0 Å². The summed E-state index contributed by atoms with van der Waals surface area (Å²) in [7, 11) is 1.59. The number of oxime groups is 1. The summed E-state index contributed by atoms with van der Waals surface area (Å²) < 4.78 is 11.1. The van der Waals surface area contributed by atoms with Gasteiger partial charge in [0.05, 0.1) is 6.61 Å². The minimum absolute atomic E-state index is 0.0399. The highest BCUT2D eigenvalue weighted by molar-refractivity contribution is 5.66.